The average molecular weight is 558 g/mol. The van der Waals surface area contributed by atoms with E-state index in [-0.39, 0.29) is 28.4 Å². The van der Waals surface area contributed by atoms with Crippen LogP contribution in [0.15, 0.2) is 54.6 Å². The second kappa shape index (κ2) is 14.6. The lowest BCUT2D eigenvalue weighted by Crippen LogP contribution is -2.52. The van der Waals surface area contributed by atoms with E-state index in [0.29, 0.717) is 13.0 Å². The summed E-state index contributed by atoms with van der Waals surface area (Å²) in [6.07, 6.45) is 4.10. The molecule has 2 fully saturated rings. The van der Waals surface area contributed by atoms with Gasteiger partial charge in [-0.25, -0.2) is 0 Å². The third-order valence-corrected chi connectivity index (χ3v) is 7.19. The van der Waals surface area contributed by atoms with Crippen LogP contribution < -0.4 is 20.7 Å². The van der Waals surface area contributed by atoms with Gasteiger partial charge in [0.15, 0.2) is 5.78 Å². The zero-order valence-electron chi connectivity index (χ0n) is 23.8. The molecule has 0 aromatic heterocycles. The van der Waals surface area contributed by atoms with Gasteiger partial charge in [0.2, 0.25) is 17.7 Å². The van der Waals surface area contributed by atoms with Gasteiger partial charge in [0.1, 0.15) is 17.4 Å². The Kier molecular flexibility index (Phi) is 11.3. The summed E-state index contributed by atoms with van der Waals surface area (Å²) in [5.41, 5.74) is 1.31. The predicted octanol–water partition coefficient (Wildman–Crippen LogP) is 3.62. The molecule has 1 aliphatic carbocycles. The van der Waals surface area contributed by atoms with Crippen molar-refractivity contribution in [1.29, 1.82) is 0 Å². The number of ether oxygens (including phenoxy) is 2. The summed E-state index contributed by atoms with van der Waals surface area (Å²) in [5.74, 6) is -0.329. The molecule has 1 aliphatic heterocycles. The Balaban J connectivity index is 0.00000127. The van der Waals surface area contributed by atoms with Gasteiger partial charge in [-0.15, -0.1) is 0 Å². The van der Waals surface area contributed by atoms with Crippen molar-refractivity contribution in [3.8, 4) is 5.75 Å². The van der Waals surface area contributed by atoms with E-state index in [2.05, 4.69) is 22.9 Å². The van der Waals surface area contributed by atoms with Gasteiger partial charge in [-0.2, -0.15) is 0 Å². The lowest BCUT2D eigenvalue weighted by molar-refractivity contribution is -0.132. The normalized spacial score (nSPS) is 19.3. The Labute approximate surface area is 240 Å². The van der Waals surface area contributed by atoms with Gasteiger partial charge in [-0.1, -0.05) is 60.9 Å². The molecular formula is C31H47N3O6. The van der Waals surface area contributed by atoms with E-state index in [1.165, 1.54) is 5.56 Å². The molecule has 0 unspecified atom stereocenters. The van der Waals surface area contributed by atoms with Gasteiger partial charge < -0.3 is 25.4 Å². The number of Topliss-reactive ketones (excluding diaryl/α,β-unsaturated/α-hetero) is 1. The van der Waals surface area contributed by atoms with Gasteiger partial charge in [0.25, 0.3) is 0 Å². The maximum atomic E-state index is 12.8. The Morgan fingerprint density at radius 3 is 2.23 bits per heavy atom. The van der Waals surface area contributed by atoms with Crippen LogP contribution in [0.1, 0.15) is 54.9 Å². The van der Waals surface area contributed by atoms with Crippen molar-refractivity contribution in [2.24, 2.45) is 5.92 Å². The number of rotatable bonds is 11. The minimum absolute atomic E-state index is 0. The lowest BCUT2D eigenvalue weighted by Gasteiger charge is -2.20. The van der Waals surface area contributed by atoms with Crippen molar-refractivity contribution < 1.29 is 32.9 Å². The molecule has 3 N–H and O–H groups in total. The summed E-state index contributed by atoms with van der Waals surface area (Å²) in [7, 11) is 1.67. The number of hydrogen-bond acceptors (Lipinski definition) is 6. The largest absolute Gasteiger partial charge is 0.497 e. The second-order valence-electron chi connectivity index (χ2n) is 10.6. The first kappa shape index (κ1) is 30.8. The molecule has 3 amide bonds. The summed E-state index contributed by atoms with van der Waals surface area (Å²) in [6, 6.07) is 15.9. The molecule has 222 valence electrons. The molecule has 0 spiro atoms. The Hall–Kier alpha value is -3.72. The molecule has 0 radical (unpaired) electrons. The van der Waals surface area contributed by atoms with Crippen LogP contribution >= 0.6 is 0 Å². The molecule has 9 heteroatoms. The number of hydrogen-bond donors (Lipinski definition) is 3. The Bertz CT molecular complexity index is 1160. The van der Waals surface area contributed by atoms with E-state index >= 15 is 0 Å². The predicted molar refractivity (Wildman–Crippen MR) is 158 cm³/mol. The molecule has 2 aromatic rings. The summed E-state index contributed by atoms with van der Waals surface area (Å²) in [5, 5.41) is 7.97. The third-order valence-electron chi connectivity index (χ3n) is 7.19. The van der Waals surface area contributed by atoms with Gasteiger partial charge in [0.05, 0.1) is 26.3 Å². The molecule has 1 heterocycles. The van der Waals surface area contributed by atoms with Gasteiger partial charge in [0, 0.05) is 10.2 Å². The number of aryl methyl sites for hydroxylation is 1. The zero-order chi connectivity index (χ0) is 29.1. The molecule has 9 nitrogen and oxygen atoms in total. The van der Waals surface area contributed by atoms with Crippen molar-refractivity contribution in [3.63, 3.8) is 0 Å². The summed E-state index contributed by atoms with van der Waals surface area (Å²) < 4.78 is 10.2. The molecule has 40 heavy (non-hydrogen) atoms. The molecular weight excluding hydrogens is 510 g/mol. The number of nitrogens with one attached hydrogen (secondary N) is 3. The molecule has 2 aromatic carbocycles. The van der Waals surface area contributed by atoms with E-state index in [0.717, 1.165) is 37.0 Å². The molecule has 2 aliphatic rings. The van der Waals surface area contributed by atoms with E-state index in [1.807, 2.05) is 54.6 Å². The average Bonchev–Trinajstić information content (AvgIpc) is 3.46. The van der Waals surface area contributed by atoms with E-state index in [1.54, 1.807) is 21.0 Å². The van der Waals surface area contributed by atoms with Gasteiger partial charge in [-0.3, -0.25) is 19.2 Å². The number of methoxy groups -OCH3 is 1. The van der Waals surface area contributed by atoms with Crippen molar-refractivity contribution in [2.75, 3.05) is 20.3 Å². The number of carbonyl (C=O) groups is 4. The van der Waals surface area contributed by atoms with Crippen molar-refractivity contribution in [1.82, 2.24) is 16.0 Å². The summed E-state index contributed by atoms with van der Waals surface area (Å²) in [6.45, 7) is 5.41. The van der Waals surface area contributed by atoms with Crippen LogP contribution in [-0.4, -0.2) is 61.5 Å². The molecule has 1 saturated heterocycles. The number of amides is 3. The number of carbonyl (C=O) groups excluding carboxylic acids is 4. The van der Waals surface area contributed by atoms with Crippen LogP contribution in [0.3, 0.4) is 0 Å². The summed E-state index contributed by atoms with van der Waals surface area (Å²) in [4.78, 5) is 49.7. The van der Waals surface area contributed by atoms with Gasteiger partial charge >= 0.3 is 0 Å². The minimum Gasteiger partial charge on any atom is -0.497 e. The topological polar surface area (TPSA) is 126 Å². The van der Waals surface area contributed by atoms with Crippen LogP contribution in [-0.2, 0) is 30.3 Å². The second-order valence-corrected chi connectivity index (χ2v) is 10.6. The number of benzene rings is 2. The summed E-state index contributed by atoms with van der Waals surface area (Å²) >= 11 is 0. The van der Waals surface area contributed by atoms with E-state index < -0.39 is 29.5 Å². The smallest absolute Gasteiger partial charge is 0.242 e. The first-order valence-corrected chi connectivity index (χ1v) is 13.8. The van der Waals surface area contributed by atoms with Crippen LogP contribution in [0, 0.1) is 12.8 Å². The van der Waals surface area contributed by atoms with Crippen LogP contribution in [0.5, 0.6) is 5.75 Å². The molecule has 0 bridgehead atoms. The zero-order valence-corrected chi connectivity index (χ0v) is 23.8. The first-order valence-electron chi connectivity index (χ1n) is 13.8. The first-order chi connectivity index (χ1) is 19.1. The third kappa shape index (κ3) is 9.48. The van der Waals surface area contributed by atoms with E-state index in [4.69, 9.17) is 9.47 Å². The highest BCUT2D eigenvalue weighted by molar-refractivity contribution is 5.97. The molecule has 1 saturated carbocycles. The maximum Gasteiger partial charge on any atom is 0.242 e. The molecule has 3 atom stereocenters. The van der Waals surface area contributed by atoms with Crippen LogP contribution in [0.2, 0.25) is 0 Å². The van der Waals surface area contributed by atoms with E-state index in [9.17, 15) is 19.2 Å². The SMILES string of the molecule is COc1ccc(C)cc1.C[C@@H](NC(=O)C1CCCC1)C(=O)NCC(=O)N[C@@H](Cc1ccccc1)C(=O)[C@@]1(C)CO1.[HH].[HH].[HH]. The van der Waals surface area contributed by atoms with Crippen LogP contribution in [0.4, 0.5) is 0 Å². The van der Waals surface area contributed by atoms with Crippen LogP contribution in [0.25, 0.3) is 0 Å². The fourth-order valence-corrected chi connectivity index (χ4v) is 4.50. The fraction of sp³-hybridized carbons (Fsp3) is 0.484. The quantitative estimate of drug-likeness (QED) is 0.362. The van der Waals surface area contributed by atoms with Crippen molar-refractivity contribution in [2.45, 2.75) is 70.6 Å². The Morgan fingerprint density at radius 1 is 1.02 bits per heavy atom. The monoisotopic (exact) mass is 557 g/mol. The Morgan fingerprint density at radius 2 is 1.65 bits per heavy atom. The highest BCUT2D eigenvalue weighted by Crippen LogP contribution is 2.29. The standard InChI is InChI=1S/C23H31N3O5.C8H10O.3H2/c1-15(25-22(30)17-10-6-7-11-17)21(29)24-13-19(27)26-18(20(28)23(2)14-31-23)12-16-8-4-3-5-9-16;1-7-3-5-8(9-2)6-4-7;;;/h3-5,8-9,15,17-18H,6-7,10-14H2,1-2H3,(H,24,29)(H,25,30)(H,26,27);3-6H,1-2H3;3*1H/t15-,18+,23-;;;;/m1..../s1. The number of ketones is 1. The highest BCUT2D eigenvalue weighted by atomic mass is 16.6. The minimum atomic E-state index is -0.866. The van der Waals surface area contributed by atoms with Gasteiger partial charge in [-0.05, 0) is 57.7 Å². The fourth-order valence-electron chi connectivity index (χ4n) is 4.50. The number of epoxide rings is 1. The molecule has 4 rings (SSSR count). The lowest BCUT2D eigenvalue weighted by atomic mass is 9.95. The van der Waals surface area contributed by atoms with Crippen molar-refractivity contribution in [3.05, 3.63) is 65.7 Å². The highest BCUT2D eigenvalue weighted by Gasteiger charge is 2.50. The van der Waals surface area contributed by atoms with Crippen molar-refractivity contribution >= 4 is 23.5 Å². The maximum absolute atomic E-state index is 12.8.